The summed E-state index contributed by atoms with van der Waals surface area (Å²) in [6.07, 6.45) is 0.668. The number of halogens is 1. The van der Waals surface area contributed by atoms with E-state index in [2.05, 4.69) is 10.1 Å². The molecule has 1 unspecified atom stereocenters. The number of ether oxygens (including phenoxy) is 2. The number of hydrogen-bond acceptors (Lipinski definition) is 6. The van der Waals surface area contributed by atoms with Gasteiger partial charge in [-0.15, -0.1) is 0 Å². The molecule has 2 aromatic rings. The number of benzene rings is 1. The SMILES string of the molecule is CCc1nc(C(N)c2cc(Cl)c3c(c2)OCO3)no1. The van der Waals surface area contributed by atoms with E-state index in [9.17, 15) is 0 Å². The van der Waals surface area contributed by atoms with Crippen LogP contribution in [-0.2, 0) is 6.42 Å². The Bertz CT molecular complexity index is 614. The normalized spacial score (nSPS) is 14.7. The first kappa shape index (κ1) is 12.3. The van der Waals surface area contributed by atoms with Crippen molar-refractivity contribution in [1.29, 1.82) is 0 Å². The molecule has 1 aliphatic heterocycles. The third kappa shape index (κ3) is 2.13. The Morgan fingerprint density at radius 1 is 1.42 bits per heavy atom. The summed E-state index contributed by atoms with van der Waals surface area (Å²) >= 11 is 6.11. The Kier molecular flexibility index (Phi) is 3.04. The predicted octanol–water partition coefficient (Wildman–Crippen LogP) is 2.06. The first-order valence-electron chi connectivity index (χ1n) is 5.86. The number of aryl methyl sites for hydroxylation is 1. The summed E-state index contributed by atoms with van der Waals surface area (Å²) < 4.78 is 15.6. The van der Waals surface area contributed by atoms with E-state index >= 15 is 0 Å². The molecular weight excluding hydrogens is 270 g/mol. The van der Waals surface area contributed by atoms with Crippen molar-refractivity contribution in [3.8, 4) is 11.5 Å². The van der Waals surface area contributed by atoms with Crippen molar-refractivity contribution in [2.45, 2.75) is 19.4 Å². The highest BCUT2D eigenvalue weighted by molar-refractivity contribution is 6.32. The van der Waals surface area contributed by atoms with Crippen LogP contribution in [0, 0.1) is 0 Å². The second-order valence-corrected chi connectivity index (χ2v) is 4.52. The molecule has 19 heavy (non-hydrogen) atoms. The van der Waals surface area contributed by atoms with Gasteiger partial charge in [-0.1, -0.05) is 23.7 Å². The van der Waals surface area contributed by atoms with Crippen LogP contribution in [0.5, 0.6) is 11.5 Å². The standard InChI is InChI=1S/C12H12ClN3O3/c1-2-9-15-12(16-19-9)10(14)6-3-7(13)11-8(4-6)17-5-18-11/h3-4,10H,2,5,14H2,1H3. The highest BCUT2D eigenvalue weighted by Crippen LogP contribution is 2.41. The summed E-state index contributed by atoms with van der Waals surface area (Å²) in [6, 6.07) is 2.99. The maximum Gasteiger partial charge on any atom is 0.231 e. The number of hydrogen-bond donors (Lipinski definition) is 1. The summed E-state index contributed by atoms with van der Waals surface area (Å²) in [5, 5.41) is 4.32. The minimum absolute atomic E-state index is 0.163. The molecule has 6 nitrogen and oxygen atoms in total. The summed E-state index contributed by atoms with van der Waals surface area (Å²) in [5.41, 5.74) is 6.86. The van der Waals surface area contributed by atoms with Gasteiger partial charge in [0, 0.05) is 6.42 Å². The molecule has 0 radical (unpaired) electrons. The zero-order chi connectivity index (χ0) is 13.4. The van der Waals surface area contributed by atoms with Gasteiger partial charge < -0.3 is 19.7 Å². The Labute approximate surface area is 114 Å². The molecule has 0 saturated carbocycles. The summed E-state index contributed by atoms with van der Waals surface area (Å²) in [6.45, 7) is 2.09. The fraction of sp³-hybridized carbons (Fsp3) is 0.333. The predicted molar refractivity (Wildman–Crippen MR) is 67.3 cm³/mol. The fourth-order valence-electron chi connectivity index (χ4n) is 1.85. The maximum atomic E-state index is 6.11. The first-order valence-corrected chi connectivity index (χ1v) is 6.24. The number of aromatic nitrogens is 2. The zero-order valence-corrected chi connectivity index (χ0v) is 11.0. The Morgan fingerprint density at radius 3 is 3.00 bits per heavy atom. The molecule has 0 bridgehead atoms. The lowest BCUT2D eigenvalue weighted by Crippen LogP contribution is -2.13. The molecule has 1 atom stereocenters. The highest BCUT2D eigenvalue weighted by atomic mass is 35.5. The van der Waals surface area contributed by atoms with E-state index in [0.717, 1.165) is 5.56 Å². The van der Waals surface area contributed by atoms with Gasteiger partial charge >= 0.3 is 0 Å². The lowest BCUT2D eigenvalue weighted by Gasteiger charge is -2.09. The largest absolute Gasteiger partial charge is 0.454 e. The molecule has 0 spiro atoms. The molecule has 2 heterocycles. The molecule has 7 heteroatoms. The zero-order valence-electron chi connectivity index (χ0n) is 10.2. The van der Waals surface area contributed by atoms with E-state index in [1.807, 2.05) is 6.92 Å². The van der Waals surface area contributed by atoms with E-state index in [1.54, 1.807) is 12.1 Å². The average Bonchev–Trinajstić information content (AvgIpc) is 3.06. The Balaban J connectivity index is 1.95. The van der Waals surface area contributed by atoms with E-state index < -0.39 is 6.04 Å². The van der Waals surface area contributed by atoms with Crippen LogP contribution in [0.3, 0.4) is 0 Å². The van der Waals surface area contributed by atoms with Gasteiger partial charge in [0.1, 0.15) is 0 Å². The van der Waals surface area contributed by atoms with Gasteiger partial charge in [-0.3, -0.25) is 0 Å². The molecule has 1 aliphatic rings. The first-order chi connectivity index (χ1) is 9.19. The van der Waals surface area contributed by atoms with E-state index in [1.165, 1.54) is 0 Å². The van der Waals surface area contributed by atoms with Crippen LogP contribution >= 0.6 is 11.6 Å². The monoisotopic (exact) mass is 281 g/mol. The van der Waals surface area contributed by atoms with Gasteiger partial charge in [-0.25, -0.2) is 0 Å². The molecule has 0 saturated heterocycles. The summed E-state index contributed by atoms with van der Waals surface area (Å²) in [5.74, 6) is 2.10. The minimum Gasteiger partial charge on any atom is -0.454 e. The van der Waals surface area contributed by atoms with Gasteiger partial charge in [-0.05, 0) is 17.7 Å². The molecule has 0 aliphatic carbocycles. The fourth-order valence-corrected chi connectivity index (χ4v) is 2.13. The van der Waals surface area contributed by atoms with Crippen LogP contribution in [0.2, 0.25) is 5.02 Å². The topological polar surface area (TPSA) is 83.4 Å². The number of fused-ring (bicyclic) bond motifs is 1. The molecule has 0 fully saturated rings. The van der Waals surface area contributed by atoms with Gasteiger partial charge in [0.25, 0.3) is 0 Å². The molecule has 100 valence electrons. The lowest BCUT2D eigenvalue weighted by molar-refractivity contribution is 0.174. The number of rotatable bonds is 3. The van der Waals surface area contributed by atoms with Gasteiger partial charge in [0.2, 0.25) is 12.7 Å². The molecule has 3 rings (SSSR count). The third-order valence-corrected chi connectivity index (χ3v) is 3.15. The van der Waals surface area contributed by atoms with Crippen molar-refractivity contribution in [2.24, 2.45) is 5.73 Å². The van der Waals surface area contributed by atoms with Gasteiger partial charge in [-0.2, -0.15) is 4.98 Å². The summed E-state index contributed by atoms with van der Waals surface area (Å²) in [7, 11) is 0. The van der Waals surface area contributed by atoms with E-state index in [4.69, 9.17) is 31.3 Å². The average molecular weight is 282 g/mol. The van der Waals surface area contributed by atoms with Crippen molar-refractivity contribution in [1.82, 2.24) is 10.1 Å². The van der Waals surface area contributed by atoms with Crippen LogP contribution in [0.4, 0.5) is 0 Å². The second kappa shape index (κ2) is 4.71. The lowest BCUT2D eigenvalue weighted by atomic mass is 10.1. The number of nitrogens with zero attached hydrogens (tertiary/aromatic N) is 2. The van der Waals surface area contributed by atoms with E-state index in [-0.39, 0.29) is 6.79 Å². The van der Waals surface area contributed by atoms with Crippen LogP contribution in [0.25, 0.3) is 0 Å². The van der Waals surface area contributed by atoms with Crippen LogP contribution in [0.1, 0.15) is 30.2 Å². The van der Waals surface area contributed by atoms with Crippen molar-refractivity contribution in [3.05, 3.63) is 34.4 Å². The van der Waals surface area contributed by atoms with Crippen molar-refractivity contribution < 1.29 is 14.0 Å². The van der Waals surface area contributed by atoms with Crippen LogP contribution < -0.4 is 15.2 Å². The Hall–Kier alpha value is -1.79. The maximum absolute atomic E-state index is 6.11. The molecule has 1 aromatic carbocycles. The smallest absolute Gasteiger partial charge is 0.231 e. The Morgan fingerprint density at radius 2 is 2.26 bits per heavy atom. The van der Waals surface area contributed by atoms with Crippen molar-refractivity contribution in [3.63, 3.8) is 0 Å². The quantitative estimate of drug-likeness (QED) is 0.927. The second-order valence-electron chi connectivity index (χ2n) is 4.11. The molecule has 1 aromatic heterocycles. The molecular formula is C12H12ClN3O3. The van der Waals surface area contributed by atoms with Gasteiger partial charge in [0.05, 0.1) is 11.1 Å². The van der Waals surface area contributed by atoms with Crippen molar-refractivity contribution in [2.75, 3.05) is 6.79 Å². The van der Waals surface area contributed by atoms with E-state index in [0.29, 0.717) is 34.7 Å². The number of nitrogens with two attached hydrogens (primary N) is 1. The minimum atomic E-state index is -0.518. The van der Waals surface area contributed by atoms with Crippen LogP contribution in [0.15, 0.2) is 16.7 Å². The van der Waals surface area contributed by atoms with Crippen LogP contribution in [-0.4, -0.2) is 16.9 Å². The molecule has 2 N–H and O–H groups in total. The third-order valence-electron chi connectivity index (χ3n) is 2.87. The highest BCUT2D eigenvalue weighted by Gasteiger charge is 2.23. The van der Waals surface area contributed by atoms with Gasteiger partial charge in [0.15, 0.2) is 17.3 Å². The molecule has 0 amide bonds. The summed E-state index contributed by atoms with van der Waals surface area (Å²) in [4.78, 5) is 4.21. The van der Waals surface area contributed by atoms with Crippen molar-refractivity contribution >= 4 is 11.6 Å².